The number of halogens is 1. The zero-order chi connectivity index (χ0) is 41.1. The number of piperazine rings is 1. The number of hydrogen-bond donors (Lipinski definition) is 1. The number of hydrogen-bond acceptors (Lipinski definition) is 11. The molecule has 4 aliphatic heterocycles. The molecule has 2 aromatic carbocycles. The zero-order valence-corrected chi connectivity index (χ0v) is 34.2. The van der Waals surface area contributed by atoms with Crippen molar-refractivity contribution in [2.45, 2.75) is 78.1 Å². The molecule has 1 saturated carbocycles. The summed E-state index contributed by atoms with van der Waals surface area (Å²) in [4.78, 5) is 72.1. The normalized spacial score (nSPS) is 24.7. The Morgan fingerprint density at radius 2 is 1.62 bits per heavy atom. The van der Waals surface area contributed by atoms with Crippen LogP contribution >= 0.6 is 11.6 Å². The Hall–Kier alpha value is -5.26. The van der Waals surface area contributed by atoms with E-state index in [0.717, 1.165) is 69.9 Å². The Balaban J connectivity index is 0.866. The smallest absolute Gasteiger partial charge is 0.255 e. The lowest BCUT2D eigenvalue weighted by Gasteiger charge is -2.66. The molecule has 1 aromatic heterocycles. The molecule has 4 amide bonds. The summed E-state index contributed by atoms with van der Waals surface area (Å²) in [6.45, 7) is 14.7. The highest BCUT2D eigenvalue weighted by atomic mass is 35.5. The molecular weight excluding hydrogens is 758 g/mol. The van der Waals surface area contributed by atoms with E-state index in [1.165, 1.54) is 17.3 Å². The highest BCUT2D eigenvalue weighted by Crippen LogP contribution is 2.58. The third kappa shape index (κ3) is 7.02. The molecule has 5 heterocycles. The minimum Gasteiger partial charge on any atom is -0.489 e. The first-order chi connectivity index (χ1) is 27.7. The zero-order valence-electron chi connectivity index (χ0n) is 33.5. The maximum Gasteiger partial charge on any atom is 0.255 e. The van der Waals surface area contributed by atoms with Crippen LogP contribution in [0.15, 0.2) is 48.8 Å². The van der Waals surface area contributed by atoms with E-state index < -0.39 is 28.8 Å². The summed E-state index contributed by atoms with van der Waals surface area (Å²) < 4.78 is 6.44. The average Bonchev–Trinajstić information content (AvgIpc) is 3.53. The number of primary amides is 1. The molecule has 0 bridgehead atoms. The van der Waals surface area contributed by atoms with Crippen LogP contribution in [0.5, 0.6) is 5.75 Å². The van der Waals surface area contributed by atoms with Gasteiger partial charge in [0.2, 0.25) is 11.9 Å². The molecule has 15 heteroatoms. The van der Waals surface area contributed by atoms with E-state index in [9.17, 15) is 24.4 Å². The highest BCUT2D eigenvalue weighted by molar-refractivity contribution is 6.31. The van der Waals surface area contributed by atoms with Gasteiger partial charge in [-0.05, 0) is 61.1 Å². The van der Waals surface area contributed by atoms with Gasteiger partial charge in [-0.3, -0.25) is 29.0 Å². The van der Waals surface area contributed by atoms with Crippen LogP contribution in [-0.2, 0) is 16.1 Å². The number of carbonyl (C=O) groups excluding carboxylic acids is 4. The number of aromatic nitrogens is 2. The summed E-state index contributed by atoms with van der Waals surface area (Å²) in [5, 5.41) is 9.58. The van der Waals surface area contributed by atoms with Gasteiger partial charge in [0, 0.05) is 99.3 Å². The number of nitriles is 1. The van der Waals surface area contributed by atoms with Crippen molar-refractivity contribution in [2.24, 2.45) is 22.5 Å². The second-order valence-electron chi connectivity index (χ2n) is 17.6. The maximum atomic E-state index is 14.4. The number of carbonyl (C=O) groups is 4. The van der Waals surface area contributed by atoms with Crippen LogP contribution in [0.1, 0.15) is 85.2 Å². The molecule has 1 unspecified atom stereocenters. The second kappa shape index (κ2) is 15.2. The van der Waals surface area contributed by atoms with Crippen molar-refractivity contribution in [2.75, 3.05) is 55.6 Å². The first-order valence-corrected chi connectivity index (χ1v) is 20.6. The van der Waals surface area contributed by atoms with Gasteiger partial charge in [-0.1, -0.05) is 39.3 Å². The minimum atomic E-state index is -0.740. The molecule has 1 atom stereocenters. The number of imide groups is 1. The van der Waals surface area contributed by atoms with Gasteiger partial charge in [0.05, 0.1) is 22.2 Å². The fourth-order valence-electron chi connectivity index (χ4n) is 10.5. The largest absolute Gasteiger partial charge is 0.489 e. The van der Waals surface area contributed by atoms with E-state index >= 15 is 0 Å². The van der Waals surface area contributed by atoms with Crippen LogP contribution in [-0.4, -0.2) is 112 Å². The first kappa shape index (κ1) is 39.6. The molecule has 58 heavy (non-hydrogen) atoms. The Morgan fingerprint density at radius 1 is 0.931 bits per heavy atom. The van der Waals surface area contributed by atoms with Crippen molar-refractivity contribution in [1.29, 1.82) is 5.26 Å². The molecule has 2 N–H and O–H groups in total. The number of anilines is 2. The summed E-state index contributed by atoms with van der Waals surface area (Å²) in [5.74, 6) is 0.462. The Kier molecular flexibility index (Phi) is 10.3. The fraction of sp³-hybridized carbons (Fsp3) is 0.512. The lowest BCUT2D eigenvalue weighted by atomic mass is 9.48. The quantitative estimate of drug-likeness (QED) is 0.303. The van der Waals surface area contributed by atoms with E-state index in [4.69, 9.17) is 22.1 Å². The van der Waals surface area contributed by atoms with Gasteiger partial charge < -0.3 is 25.2 Å². The summed E-state index contributed by atoms with van der Waals surface area (Å²) in [6.07, 6.45) is 5.17. The Bertz CT molecular complexity index is 2160. The Morgan fingerprint density at radius 3 is 2.26 bits per heavy atom. The number of likely N-dealkylation sites (tertiary alicyclic amines) is 1. The van der Waals surface area contributed by atoms with Gasteiger partial charge in [0.1, 0.15) is 24.0 Å². The van der Waals surface area contributed by atoms with Crippen molar-refractivity contribution < 1.29 is 23.9 Å². The summed E-state index contributed by atoms with van der Waals surface area (Å²) in [7, 11) is 0. The molecule has 3 saturated heterocycles. The number of piperidine rings is 2. The van der Waals surface area contributed by atoms with Crippen LogP contribution in [0.3, 0.4) is 0 Å². The molecule has 8 rings (SSSR count). The average molecular weight is 808 g/mol. The molecule has 1 aliphatic carbocycles. The van der Waals surface area contributed by atoms with E-state index in [2.05, 4.69) is 36.8 Å². The molecule has 0 spiro atoms. The van der Waals surface area contributed by atoms with Crippen LogP contribution in [0, 0.1) is 28.1 Å². The number of ether oxygens (including phenoxy) is 1. The molecular formula is C43H50ClN9O5. The topological polar surface area (TPSA) is 169 Å². The van der Waals surface area contributed by atoms with E-state index in [-0.39, 0.29) is 36.7 Å². The van der Waals surface area contributed by atoms with E-state index in [0.29, 0.717) is 45.9 Å². The standard InChI is InChI=1S/C43H50ClN9O5/c1-42(2)39(43(3,4)40(42)58-31-7-5-27(21-45)33(44)20-31)53-35(54)10-9-34(38(53)57)52-25-28-19-30(6-8-32(28)37(52)56)50-17-15-49(16-18-50)24-26-11-13-51(14-12-26)41-47-22-29(23-48-41)36(46)55/h5-8,19-20,22-23,26,34,39-40H,9-18,24-25H2,1-4H3,(H2,46,55). The number of nitrogens with two attached hydrogens (primary N) is 1. The van der Waals surface area contributed by atoms with Crippen molar-refractivity contribution in [3.05, 3.63) is 76.1 Å². The minimum absolute atomic E-state index is 0.172. The third-order valence-electron chi connectivity index (χ3n) is 13.1. The molecule has 4 fully saturated rings. The van der Waals surface area contributed by atoms with E-state index in [1.807, 2.05) is 39.8 Å². The molecule has 14 nitrogen and oxygen atoms in total. The van der Waals surface area contributed by atoms with Gasteiger partial charge in [-0.15, -0.1) is 0 Å². The van der Waals surface area contributed by atoms with Crippen molar-refractivity contribution in [1.82, 2.24) is 24.7 Å². The number of amides is 4. The maximum absolute atomic E-state index is 14.4. The number of nitrogens with zero attached hydrogens (tertiary/aromatic N) is 8. The predicted molar refractivity (Wildman–Crippen MR) is 217 cm³/mol. The SMILES string of the molecule is CC1(C)C(Oc2ccc(C#N)c(Cl)c2)C(C)(C)C1N1C(=O)CCC(N2Cc3cc(N4CCN(CC5CCN(c6ncc(C(N)=O)cn6)CC5)CC4)ccc3C2=O)C1=O. The summed E-state index contributed by atoms with van der Waals surface area (Å²) in [5.41, 5.74) is 7.36. The van der Waals surface area contributed by atoms with Crippen LogP contribution < -0.4 is 20.3 Å². The second-order valence-corrected chi connectivity index (χ2v) is 18.0. The van der Waals surface area contributed by atoms with Gasteiger partial charge >= 0.3 is 0 Å². The Labute approximate surface area is 343 Å². The van der Waals surface area contributed by atoms with Crippen molar-refractivity contribution >= 4 is 46.9 Å². The van der Waals surface area contributed by atoms with Crippen LogP contribution in [0.2, 0.25) is 5.02 Å². The summed E-state index contributed by atoms with van der Waals surface area (Å²) >= 11 is 6.29. The molecule has 304 valence electrons. The van der Waals surface area contributed by atoms with Crippen LogP contribution in [0.25, 0.3) is 0 Å². The highest BCUT2D eigenvalue weighted by Gasteiger charge is 2.68. The first-order valence-electron chi connectivity index (χ1n) is 20.2. The number of rotatable bonds is 9. The number of benzene rings is 2. The third-order valence-corrected chi connectivity index (χ3v) is 13.4. The van der Waals surface area contributed by atoms with E-state index in [1.54, 1.807) is 23.1 Å². The van der Waals surface area contributed by atoms with Gasteiger partial charge in [0.25, 0.3) is 17.7 Å². The monoisotopic (exact) mass is 807 g/mol. The summed E-state index contributed by atoms with van der Waals surface area (Å²) in [6, 6.07) is 11.8. The lowest BCUT2D eigenvalue weighted by Crippen LogP contribution is -2.77. The molecule has 5 aliphatic rings. The molecule has 3 aromatic rings. The van der Waals surface area contributed by atoms with Gasteiger partial charge in [-0.25, -0.2) is 9.97 Å². The van der Waals surface area contributed by atoms with Crippen molar-refractivity contribution in [3.63, 3.8) is 0 Å². The van der Waals surface area contributed by atoms with Crippen molar-refractivity contribution in [3.8, 4) is 11.8 Å². The predicted octanol–water partition coefficient (Wildman–Crippen LogP) is 4.49. The number of fused-ring (bicyclic) bond motifs is 1. The van der Waals surface area contributed by atoms with Crippen LogP contribution in [0.4, 0.5) is 11.6 Å². The molecule has 0 radical (unpaired) electrons. The fourth-order valence-corrected chi connectivity index (χ4v) is 10.7. The van der Waals surface area contributed by atoms with Gasteiger partial charge in [0.15, 0.2) is 0 Å². The van der Waals surface area contributed by atoms with Gasteiger partial charge in [-0.2, -0.15) is 5.26 Å². The lowest BCUT2D eigenvalue weighted by molar-refractivity contribution is -0.216.